The van der Waals surface area contributed by atoms with Gasteiger partial charge in [0.15, 0.2) is 0 Å². The van der Waals surface area contributed by atoms with Crippen molar-refractivity contribution in [3.63, 3.8) is 0 Å². The highest BCUT2D eigenvalue weighted by Crippen LogP contribution is 2.18. The predicted octanol–water partition coefficient (Wildman–Crippen LogP) is 2.45. The Hall–Kier alpha value is -1.69. The highest BCUT2D eigenvalue weighted by atomic mass is 79.9. The molecule has 0 aliphatic carbocycles. The Balaban J connectivity index is 2.21. The van der Waals surface area contributed by atoms with Gasteiger partial charge in [0, 0.05) is 23.9 Å². The number of anilines is 1. The predicted molar refractivity (Wildman–Crippen MR) is 72.6 cm³/mol. The molecule has 0 aromatic carbocycles. The summed E-state index contributed by atoms with van der Waals surface area (Å²) >= 11 is 3.37. The number of rotatable bonds is 2. The highest BCUT2D eigenvalue weighted by molar-refractivity contribution is 9.10. The minimum atomic E-state index is -0.199. The number of carbonyl (C=O) groups excluding carboxylic acids is 1. The second kappa shape index (κ2) is 4.89. The molecule has 0 bridgehead atoms. The number of nitrogens with one attached hydrogen (secondary N) is 1. The highest BCUT2D eigenvalue weighted by Gasteiger charge is 2.13. The van der Waals surface area contributed by atoms with E-state index in [4.69, 9.17) is 0 Å². The summed E-state index contributed by atoms with van der Waals surface area (Å²) in [5, 5.41) is 6.89. The summed E-state index contributed by atoms with van der Waals surface area (Å²) in [4.78, 5) is 16.2. The lowest BCUT2D eigenvalue weighted by Crippen LogP contribution is -2.13. The molecule has 0 aliphatic rings. The molecule has 2 heterocycles. The van der Waals surface area contributed by atoms with Gasteiger partial charge in [-0.2, -0.15) is 5.10 Å². The Morgan fingerprint density at radius 1 is 1.44 bits per heavy atom. The Morgan fingerprint density at radius 3 is 2.72 bits per heavy atom. The van der Waals surface area contributed by atoms with Gasteiger partial charge in [0.1, 0.15) is 5.82 Å². The minimum absolute atomic E-state index is 0.199. The molecule has 0 atom stereocenters. The lowest BCUT2D eigenvalue weighted by atomic mass is 10.2. The third-order valence-electron chi connectivity index (χ3n) is 2.55. The van der Waals surface area contributed by atoms with E-state index in [1.807, 2.05) is 13.0 Å². The van der Waals surface area contributed by atoms with E-state index in [0.29, 0.717) is 17.1 Å². The van der Waals surface area contributed by atoms with Crippen molar-refractivity contribution < 1.29 is 4.79 Å². The molecule has 18 heavy (non-hydrogen) atoms. The van der Waals surface area contributed by atoms with E-state index in [9.17, 15) is 4.79 Å². The number of hydrogen-bond acceptors (Lipinski definition) is 3. The number of aryl methyl sites for hydroxylation is 3. The average molecular weight is 309 g/mol. The number of hydrogen-bond donors (Lipinski definition) is 1. The third kappa shape index (κ3) is 2.59. The van der Waals surface area contributed by atoms with E-state index in [0.717, 1.165) is 10.0 Å². The maximum atomic E-state index is 12.0. The fraction of sp³-hybridized carbons (Fsp3) is 0.250. The van der Waals surface area contributed by atoms with Crippen molar-refractivity contribution in [3.05, 3.63) is 39.8 Å². The number of halogens is 1. The zero-order chi connectivity index (χ0) is 13.3. The Morgan fingerprint density at radius 2 is 2.17 bits per heavy atom. The summed E-state index contributed by atoms with van der Waals surface area (Å²) in [7, 11) is 1.78. The van der Waals surface area contributed by atoms with E-state index < -0.39 is 0 Å². The first-order chi connectivity index (χ1) is 8.47. The van der Waals surface area contributed by atoms with Crippen LogP contribution in [0.25, 0.3) is 0 Å². The maximum absolute atomic E-state index is 12.0. The van der Waals surface area contributed by atoms with E-state index in [2.05, 4.69) is 31.3 Å². The molecular weight excluding hydrogens is 296 g/mol. The van der Waals surface area contributed by atoms with Crippen LogP contribution in [-0.2, 0) is 7.05 Å². The lowest BCUT2D eigenvalue weighted by Gasteiger charge is -2.05. The van der Waals surface area contributed by atoms with Crippen LogP contribution in [0, 0.1) is 13.8 Å². The molecule has 6 heteroatoms. The monoisotopic (exact) mass is 308 g/mol. The van der Waals surface area contributed by atoms with Gasteiger partial charge < -0.3 is 5.32 Å². The molecule has 0 spiro atoms. The van der Waals surface area contributed by atoms with Crippen molar-refractivity contribution in [3.8, 4) is 0 Å². The van der Waals surface area contributed by atoms with Gasteiger partial charge in [0.2, 0.25) is 0 Å². The largest absolute Gasteiger partial charge is 0.306 e. The first-order valence-electron chi connectivity index (χ1n) is 5.41. The molecule has 1 amide bonds. The fourth-order valence-electron chi connectivity index (χ4n) is 1.61. The van der Waals surface area contributed by atoms with E-state index >= 15 is 0 Å². The molecular formula is C12H13BrN4O. The van der Waals surface area contributed by atoms with Crippen LogP contribution >= 0.6 is 15.9 Å². The van der Waals surface area contributed by atoms with Crippen LogP contribution in [-0.4, -0.2) is 20.7 Å². The van der Waals surface area contributed by atoms with Gasteiger partial charge in [-0.25, -0.2) is 4.98 Å². The summed E-state index contributed by atoms with van der Waals surface area (Å²) in [6, 6.07) is 1.81. The van der Waals surface area contributed by atoms with Crippen LogP contribution in [0.1, 0.15) is 21.6 Å². The number of nitrogens with zero attached hydrogens (tertiary/aromatic N) is 3. The molecule has 2 aromatic rings. The third-order valence-corrected chi connectivity index (χ3v) is 3.38. The Kier molecular flexibility index (Phi) is 3.47. The Bertz CT molecular complexity index is 606. The number of carbonyl (C=O) groups is 1. The van der Waals surface area contributed by atoms with Crippen molar-refractivity contribution in [2.45, 2.75) is 13.8 Å². The first-order valence-corrected chi connectivity index (χ1v) is 6.20. The first kappa shape index (κ1) is 12.8. The maximum Gasteiger partial charge on any atom is 0.260 e. The van der Waals surface area contributed by atoms with Gasteiger partial charge in [0.25, 0.3) is 5.91 Å². The normalized spacial score (nSPS) is 10.4. The molecule has 0 saturated carbocycles. The summed E-state index contributed by atoms with van der Waals surface area (Å²) in [6.45, 7) is 3.74. The standard InChI is InChI=1S/C12H13BrN4O/c1-7-4-11(14-5-10(7)13)15-12(18)9-6-17(3)16-8(9)2/h4-6H,1-3H3,(H,14,15,18). The summed E-state index contributed by atoms with van der Waals surface area (Å²) in [5.74, 6) is 0.332. The molecule has 0 radical (unpaired) electrons. The van der Waals surface area contributed by atoms with Gasteiger partial charge in [0.05, 0.1) is 11.3 Å². The van der Waals surface area contributed by atoms with Crippen molar-refractivity contribution in [1.29, 1.82) is 0 Å². The summed E-state index contributed by atoms with van der Waals surface area (Å²) < 4.78 is 2.53. The van der Waals surface area contributed by atoms with Crippen molar-refractivity contribution >= 4 is 27.7 Å². The second-order valence-corrected chi connectivity index (χ2v) is 4.93. The van der Waals surface area contributed by atoms with Crippen LogP contribution in [0.4, 0.5) is 5.82 Å². The van der Waals surface area contributed by atoms with Gasteiger partial charge in [-0.1, -0.05) is 0 Å². The van der Waals surface area contributed by atoms with Crippen molar-refractivity contribution in [2.24, 2.45) is 7.05 Å². The molecule has 2 aromatic heterocycles. The van der Waals surface area contributed by atoms with E-state index in [1.165, 1.54) is 0 Å². The molecule has 1 N–H and O–H groups in total. The number of pyridine rings is 1. The second-order valence-electron chi connectivity index (χ2n) is 4.07. The van der Waals surface area contributed by atoms with E-state index in [1.54, 1.807) is 31.0 Å². The zero-order valence-electron chi connectivity index (χ0n) is 10.4. The van der Waals surface area contributed by atoms with Crippen LogP contribution in [0.15, 0.2) is 22.9 Å². The summed E-state index contributed by atoms with van der Waals surface area (Å²) in [6.07, 6.45) is 3.36. The van der Waals surface area contributed by atoms with E-state index in [-0.39, 0.29) is 5.91 Å². The Labute approximate surface area is 113 Å². The van der Waals surface area contributed by atoms with Gasteiger partial charge in [-0.05, 0) is 41.4 Å². The topological polar surface area (TPSA) is 59.8 Å². The number of amides is 1. The molecule has 2 rings (SSSR count). The average Bonchev–Trinajstić information content (AvgIpc) is 2.63. The number of aromatic nitrogens is 3. The minimum Gasteiger partial charge on any atom is -0.306 e. The molecule has 0 unspecified atom stereocenters. The molecule has 0 aliphatic heterocycles. The molecule has 0 saturated heterocycles. The quantitative estimate of drug-likeness (QED) is 0.927. The van der Waals surface area contributed by atoms with Crippen LogP contribution in [0.5, 0.6) is 0 Å². The van der Waals surface area contributed by atoms with Gasteiger partial charge in [-0.15, -0.1) is 0 Å². The van der Waals surface area contributed by atoms with Gasteiger partial charge >= 0.3 is 0 Å². The lowest BCUT2D eigenvalue weighted by molar-refractivity contribution is 0.102. The molecule has 5 nitrogen and oxygen atoms in total. The van der Waals surface area contributed by atoms with Crippen LogP contribution < -0.4 is 5.32 Å². The van der Waals surface area contributed by atoms with Crippen molar-refractivity contribution in [1.82, 2.24) is 14.8 Å². The SMILES string of the molecule is Cc1cc(NC(=O)c2cn(C)nc2C)ncc1Br. The summed E-state index contributed by atoms with van der Waals surface area (Å²) in [5.41, 5.74) is 2.27. The molecule has 94 valence electrons. The molecule has 0 fully saturated rings. The smallest absolute Gasteiger partial charge is 0.260 e. The zero-order valence-corrected chi connectivity index (χ0v) is 11.9. The fourth-order valence-corrected chi connectivity index (χ4v) is 1.83. The van der Waals surface area contributed by atoms with Crippen LogP contribution in [0.3, 0.4) is 0 Å². The van der Waals surface area contributed by atoms with Crippen molar-refractivity contribution in [2.75, 3.05) is 5.32 Å². The van der Waals surface area contributed by atoms with Crippen LogP contribution in [0.2, 0.25) is 0 Å². The van der Waals surface area contributed by atoms with Gasteiger partial charge in [-0.3, -0.25) is 9.48 Å².